The van der Waals surface area contributed by atoms with Crippen molar-refractivity contribution >= 4 is 13.7 Å². The summed E-state index contributed by atoms with van der Waals surface area (Å²) in [4.78, 5) is 23.3. The third-order valence-electron chi connectivity index (χ3n) is 13.2. The first kappa shape index (κ1) is 68.9. The van der Waals surface area contributed by atoms with Crippen molar-refractivity contribution in [3.05, 3.63) is 72.9 Å². The number of unbranched alkanes of at least 4 members (excludes halogenated alkanes) is 31. The van der Waals surface area contributed by atoms with Crippen molar-refractivity contribution in [2.75, 3.05) is 40.9 Å². The Bertz CT molecular complexity index is 1380. The quantitative estimate of drug-likeness (QED) is 0.0243. The van der Waals surface area contributed by atoms with Gasteiger partial charge in [0.1, 0.15) is 13.2 Å². The van der Waals surface area contributed by atoms with Crippen molar-refractivity contribution in [1.82, 2.24) is 5.32 Å². The maximum absolute atomic E-state index is 13.0. The minimum atomic E-state index is -4.34. The van der Waals surface area contributed by atoms with E-state index in [-0.39, 0.29) is 19.1 Å². The van der Waals surface area contributed by atoms with Crippen LogP contribution in [0.3, 0.4) is 0 Å². The van der Waals surface area contributed by atoms with E-state index < -0.39 is 20.0 Å². The number of nitrogens with one attached hydrogen (secondary N) is 1. The summed E-state index contributed by atoms with van der Waals surface area (Å²) in [6, 6.07) is -0.847. The standard InChI is InChI=1S/C62H115N2O6P/c1-6-8-10-12-14-16-18-20-22-23-24-25-26-27-28-29-30-31-32-33-34-35-36-37-38-39-40-41-42-44-46-48-50-52-54-56-62(66)63-60(59-70-71(67,68)69-58-57-64(3,4)5)61(65)55-53-51-49-47-45-43-21-19-17-15-13-11-9-7-2/h8,10,14,16,20,22,24-25,27-28,53,55,60-61,65H,6-7,9,11-13,15,17-19,21,23,26,29-52,54,56-59H2,1-5H3,(H-,63,66,67,68)/p+1/b10-8-,16-14-,22-20-,25-24-,28-27-,55-53+. The minimum Gasteiger partial charge on any atom is -0.387 e. The number of hydrogen-bond donors (Lipinski definition) is 3. The number of carbonyl (C=O) groups is 1. The highest BCUT2D eigenvalue weighted by Gasteiger charge is 2.27. The number of phosphoric acid groups is 1. The number of phosphoric ester groups is 1. The lowest BCUT2D eigenvalue weighted by Crippen LogP contribution is -2.45. The Balaban J connectivity index is 4.01. The van der Waals surface area contributed by atoms with Gasteiger partial charge in [0.05, 0.1) is 39.9 Å². The fourth-order valence-electron chi connectivity index (χ4n) is 8.54. The molecule has 0 aliphatic heterocycles. The number of rotatable bonds is 54. The lowest BCUT2D eigenvalue weighted by atomic mass is 10.0. The Labute approximate surface area is 440 Å². The van der Waals surface area contributed by atoms with Gasteiger partial charge < -0.3 is 19.8 Å². The number of nitrogens with zero attached hydrogens (tertiary/aromatic N) is 1. The van der Waals surface area contributed by atoms with E-state index in [1.54, 1.807) is 6.08 Å². The zero-order valence-corrected chi connectivity index (χ0v) is 48.1. The summed E-state index contributed by atoms with van der Waals surface area (Å²) in [5.41, 5.74) is 0. The first-order valence-electron chi connectivity index (χ1n) is 29.8. The first-order chi connectivity index (χ1) is 34.5. The van der Waals surface area contributed by atoms with Gasteiger partial charge in [-0.05, 0) is 64.2 Å². The molecule has 0 spiro atoms. The van der Waals surface area contributed by atoms with Crippen LogP contribution < -0.4 is 5.32 Å². The van der Waals surface area contributed by atoms with Crippen molar-refractivity contribution < 1.29 is 32.9 Å². The molecule has 0 bridgehead atoms. The molecule has 0 rings (SSSR count). The van der Waals surface area contributed by atoms with Crippen molar-refractivity contribution in [2.45, 2.75) is 276 Å². The van der Waals surface area contributed by atoms with E-state index in [0.29, 0.717) is 17.4 Å². The number of carbonyl (C=O) groups excluding carboxylic acids is 1. The molecule has 9 heteroatoms. The molecule has 414 valence electrons. The van der Waals surface area contributed by atoms with Crippen LogP contribution >= 0.6 is 7.82 Å². The average molecular weight is 1020 g/mol. The molecule has 3 atom stereocenters. The van der Waals surface area contributed by atoms with Crippen LogP contribution in [0, 0.1) is 0 Å². The smallest absolute Gasteiger partial charge is 0.387 e. The van der Waals surface area contributed by atoms with Gasteiger partial charge in [-0.2, -0.15) is 0 Å². The Morgan fingerprint density at radius 3 is 1.24 bits per heavy atom. The van der Waals surface area contributed by atoms with E-state index in [1.807, 2.05) is 27.2 Å². The van der Waals surface area contributed by atoms with E-state index in [1.165, 1.54) is 173 Å². The molecule has 8 nitrogen and oxygen atoms in total. The Hall–Kier alpha value is -2.06. The molecule has 3 unspecified atom stereocenters. The summed E-state index contributed by atoms with van der Waals surface area (Å²) in [5.74, 6) is -0.176. The van der Waals surface area contributed by atoms with Gasteiger partial charge in [-0.15, -0.1) is 0 Å². The van der Waals surface area contributed by atoms with Crippen LogP contribution in [0.1, 0.15) is 264 Å². The monoisotopic (exact) mass is 1020 g/mol. The van der Waals surface area contributed by atoms with Gasteiger partial charge >= 0.3 is 7.82 Å². The van der Waals surface area contributed by atoms with Gasteiger partial charge in [0, 0.05) is 6.42 Å². The number of aliphatic hydroxyl groups excluding tert-OH is 1. The van der Waals surface area contributed by atoms with Crippen LogP contribution in [-0.4, -0.2) is 73.4 Å². The molecular formula is C62H116N2O6P+. The molecule has 0 aromatic carbocycles. The normalized spacial score (nSPS) is 14.4. The maximum Gasteiger partial charge on any atom is 0.472 e. The van der Waals surface area contributed by atoms with Crippen LogP contribution in [0.15, 0.2) is 72.9 Å². The lowest BCUT2D eigenvalue weighted by molar-refractivity contribution is -0.870. The molecule has 0 radical (unpaired) electrons. The van der Waals surface area contributed by atoms with Gasteiger partial charge in [-0.25, -0.2) is 4.57 Å². The zero-order valence-electron chi connectivity index (χ0n) is 47.2. The number of likely N-dealkylation sites (N-methyl/N-ethyl adjacent to an activating group) is 1. The summed E-state index contributed by atoms with van der Waals surface area (Å²) in [7, 11) is 1.58. The number of quaternary nitrogens is 1. The maximum atomic E-state index is 13.0. The molecule has 0 aliphatic carbocycles. The van der Waals surface area contributed by atoms with E-state index in [0.717, 1.165) is 70.6 Å². The molecule has 0 aromatic heterocycles. The van der Waals surface area contributed by atoms with Crippen LogP contribution in [-0.2, 0) is 18.4 Å². The second-order valence-corrected chi connectivity index (χ2v) is 22.8. The van der Waals surface area contributed by atoms with E-state index in [9.17, 15) is 19.4 Å². The minimum absolute atomic E-state index is 0.0611. The van der Waals surface area contributed by atoms with Gasteiger partial charge in [0.25, 0.3) is 0 Å². The van der Waals surface area contributed by atoms with Gasteiger partial charge in [-0.1, -0.05) is 267 Å². The predicted octanol–water partition coefficient (Wildman–Crippen LogP) is 18.3. The molecule has 3 N–H and O–H groups in total. The zero-order chi connectivity index (χ0) is 52.0. The third-order valence-corrected chi connectivity index (χ3v) is 14.2. The summed E-state index contributed by atoms with van der Waals surface area (Å²) >= 11 is 0. The molecule has 0 aromatic rings. The second-order valence-electron chi connectivity index (χ2n) is 21.3. The fourth-order valence-corrected chi connectivity index (χ4v) is 9.28. The largest absolute Gasteiger partial charge is 0.472 e. The number of allylic oxidation sites excluding steroid dienone is 11. The topological polar surface area (TPSA) is 105 Å². The molecular weight excluding hydrogens is 900 g/mol. The van der Waals surface area contributed by atoms with Gasteiger partial charge in [-0.3, -0.25) is 13.8 Å². The van der Waals surface area contributed by atoms with E-state index in [2.05, 4.69) is 79.9 Å². The second kappa shape index (κ2) is 52.8. The summed E-state index contributed by atoms with van der Waals surface area (Å²) < 4.78 is 23.7. The summed E-state index contributed by atoms with van der Waals surface area (Å²) in [6.07, 6.45) is 73.0. The van der Waals surface area contributed by atoms with Crippen molar-refractivity contribution in [3.8, 4) is 0 Å². The number of aliphatic hydroxyl groups is 1. The van der Waals surface area contributed by atoms with Gasteiger partial charge in [0.15, 0.2) is 0 Å². The van der Waals surface area contributed by atoms with Gasteiger partial charge in [0.2, 0.25) is 5.91 Å². The SMILES string of the molecule is CC/C=C\C/C=C\C/C=C\C/C=C\C/C=C\CCCCCCCCCCCCCCCCCCCCCC(=O)NC(COP(=O)(O)OCC[N+](C)(C)C)C(O)/C=C/CCCCCCCCCCCCCC. The Kier molecular flexibility index (Phi) is 51.3. The highest BCUT2D eigenvalue weighted by molar-refractivity contribution is 7.47. The molecule has 1 amide bonds. The Morgan fingerprint density at radius 2 is 0.845 bits per heavy atom. The molecule has 0 heterocycles. The van der Waals surface area contributed by atoms with E-state index in [4.69, 9.17) is 9.05 Å². The summed E-state index contributed by atoms with van der Waals surface area (Å²) in [6.45, 7) is 4.71. The van der Waals surface area contributed by atoms with Crippen LogP contribution in [0.5, 0.6) is 0 Å². The molecule has 71 heavy (non-hydrogen) atoms. The highest BCUT2D eigenvalue weighted by atomic mass is 31.2. The van der Waals surface area contributed by atoms with Crippen LogP contribution in [0.4, 0.5) is 0 Å². The van der Waals surface area contributed by atoms with Crippen LogP contribution in [0.2, 0.25) is 0 Å². The molecule has 0 saturated heterocycles. The summed E-state index contributed by atoms with van der Waals surface area (Å²) in [5, 5.41) is 13.9. The number of amides is 1. The fraction of sp³-hybridized carbons (Fsp3) is 0.790. The Morgan fingerprint density at radius 1 is 0.493 bits per heavy atom. The third kappa shape index (κ3) is 55.5. The first-order valence-corrected chi connectivity index (χ1v) is 31.3. The molecule has 0 saturated carbocycles. The molecule has 0 fully saturated rings. The van der Waals surface area contributed by atoms with Crippen molar-refractivity contribution in [2.24, 2.45) is 0 Å². The number of hydrogen-bond acceptors (Lipinski definition) is 5. The molecule has 0 aliphatic rings. The van der Waals surface area contributed by atoms with Crippen LogP contribution in [0.25, 0.3) is 0 Å². The highest BCUT2D eigenvalue weighted by Crippen LogP contribution is 2.43. The van der Waals surface area contributed by atoms with Crippen molar-refractivity contribution in [3.63, 3.8) is 0 Å². The van der Waals surface area contributed by atoms with Crippen molar-refractivity contribution in [1.29, 1.82) is 0 Å². The average Bonchev–Trinajstić information content (AvgIpc) is 3.33. The van der Waals surface area contributed by atoms with E-state index >= 15 is 0 Å². The predicted molar refractivity (Wildman–Crippen MR) is 309 cm³/mol. The lowest BCUT2D eigenvalue weighted by Gasteiger charge is -2.25.